The minimum absolute atomic E-state index is 0.159. The average molecular weight is 325 g/mol. The van der Waals surface area contributed by atoms with Crippen LogP contribution >= 0.6 is 22.9 Å². The number of halogens is 1. The van der Waals surface area contributed by atoms with Gasteiger partial charge in [0.25, 0.3) is 0 Å². The molecule has 2 heterocycles. The average Bonchev–Trinajstić information content (AvgIpc) is 2.71. The number of aryl methyl sites for hydroxylation is 1. The molecule has 112 valence electrons. The molecule has 0 bridgehead atoms. The summed E-state index contributed by atoms with van der Waals surface area (Å²) < 4.78 is 11.4. The molecule has 1 unspecified atom stereocenters. The van der Waals surface area contributed by atoms with Gasteiger partial charge in [0, 0.05) is 11.3 Å². The Bertz CT molecular complexity index is 645. The first-order chi connectivity index (χ1) is 10.2. The number of benzene rings is 1. The summed E-state index contributed by atoms with van der Waals surface area (Å²) in [5.74, 6) is 7.29. The maximum absolute atomic E-state index is 6.36. The van der Waals surface area contributed by atoms with Gasteiger partial charge in [-0.25, -0.2) is 5.43 Å². The van der Waals surface area contributed by atoms with Crippen LogP contribution < -0.4 is 20.7 Å². The van der Waals surface area contributed by atoms with E-state index >= 15 is 0 Å². The monoisotopic (exact) mass is 324 g/mol. The lowest BCUT2D eigenvalue weighted by Crippen LogP contribution is -2.28. The summed E-state index contributed by atoms with van der Waals surface area (Å²) in [5, 5.41) is 2.79. The number of thiophene rings is 1. The largest absolute Gasteiger partial charge is 0.490 e. The summed E-state index contributed by atoms with van der Waals surface area (Å²) in [6.07, 6.45) is 0.887. The van der Waals surface area contributed by atoms with E-state index in [4.69, 9.17) is 26.9 Å². The fourth-order valence-electron chi connectivity index (χ4n) is 2.33. The molecular formula is C15H17ClN2O2S. The highest BCUT2D eigenvalue weighted by atomic mass is 35.5. The Labute approximate surface area is 132 Å². The molecule has 0 saturated carbocycles. The Kier molecular flexibility index (Phi) is 4.35. The van der Waals surface area contributed by atoms with Crippen LogP contribution in [0.3, 0.4) is 0 Å². The Balaban J connectivity index is 1.98. The van der Waals surface area contributed by atoms with E-state index in [0.717, 1.165) is 38.9 Å². The molecule has 2 aromatic rings. The van der Waals surface area contributed by atoms with Gasteiger partial charge >= 0.3 is 0 Å². The molecule has 1 aliphatic heterocycles. The molecule has 0 amide bonds. The minimum Gasteiger partial charge on any atom is -0.490 e. The normalized spacial score (nSPS) is 15.6. The first-order valence-corrected chi connectivity index (χ1v) is 8.05. The van der Waals surface area contributed by atoms with Crippen molar-refractivity contribution in [1.82, 2.24) is 5.43 Å². The van der Waals surface area contributed by atoms with Gasteiger partial charge in [-0.3, -0.25) is 5.84 Å². The molecule has 3 rings (SSSR count). The minimum atomic E-state index is -0.159. The Morgan fingerprint density at radius 1 is 1.29 bits per heavy atom. The second kappa shape index (κ2) is 6.23. The van der Waals surface area contributed by atoms with Crippen molar-refractivity contribution in [2.45, 2.75) is 19.4 Å². The van der Waals surface area contributed by atoms with Crippen LogP contribution in [0.2, 0.25) is 5.02 Å². The van der Waals surface area contributed by atoms with Gasteiger partial charge in [0.2, 0.25) is 0 Å². The molecule has 0 radical (unpaired) electrons. The zero-order chi connectivity index (χ0) is 14.8. The van der Waals surface area contributed by atoms with Crippen molar-refractivity contribution in [1.29, 1.82) is 0 Å². The molecule has 0 saturated heterocycles. The quantitative estimate of drug-likeness (QED) is 0.671. The van der Waals surface area contributed by atoms with Crippen LogP contribution in [0.15, 0.2) is 23.6 Å². The Morgan fingerprint density at radius 2 is 2.05 bits per heavy atom. The number of ether oxygens (including phenoxy) is 2. The summed E-state index contributed by atoms with van der Waals surface area (Å²) in [5.41, 5.74) is 4.91. The SMILES string of the molecule is Cc1csc(C(NN)c2ccc3c(c2)OCCCO3)c1Cl. The van der Waals surface area contributed by atoms with Crippen molar-refractivity contribution in [3.05, 3.63) is 44.6 Å². The molecule has 0 fully saturated rings. The van der Waals surface area contributed by atoms with E-state index in [-0.39, 0.29) is 6.04 Å². The van der Waals surface area contributed by atoms with Gasteiger partial charge in [-0.05, 0) is 35.6 Å². The van der Waals surface area contributed by atoms with Crippen molar-refractivity contribution in [2.24, 2.45) is 5.84 Å². The number of hydrogen-bond acceptors (Lipinski definition) is 5. The number of hydrazine groups is 1. The molecule has 0 spiro atoms. The van der Waals surface area contributed by atoms with E-state index in [1.165, 1.54) is 0 Å². The predicted octanol–water partition coefficient (Wildman–Crippen LogP) is 3.42. The van der Waals surface area contributed by atoms with Gasteiger partial charge in [-0.15, -0.1) is 11.3 Å². The fourth-order valence-corrected chi connectivity index (χ4v) is 3.72. The molecule has 21 heavy (non-hydrogen) atoms. The molecule has 3 N–H and O–H groups in total. The molecule has 0 aliphatic carbocycles. The van der Waals surface area contributed by atoms with Crippen molar-refractivity contribution >= 4 is 22.9 Å². The van der Waals surface area contributed by atoms with Crippen LogP contribution in [-0.4, -0.2) is 13.2 Å². The molecule has 1 aromatic heterocycles. The lowest BCUT2D eigenvalue weighted by atomic mass is 10.0. The van der Waals surface area contributed by atoms with E-state index in [2.05, 4.69) is 5.43 Å². The van der Waals surface area contributed by atoms with E-state index in [1.54, 1.807) is 11.3 Å². The third kappa shape index (κ3) is 2.87. The second-order valence-corrected chi connectivity index (χ2v) is 6.24. The third-order valence-corrected chi connectivity index (χ3v) is 5.24. The van der Waals surface area contributed by atoms with Crippen molar-refractivity contribution in [3.63, 3.8) is 0 Å². The lowest BCUT2D eigenvalue weighted by Gasteiger charge is -2.17. The number of hydrogen-bond donors (Lipinski definition) is 2. The standard InChI is InChI=1S/C15H17ClN2O2S/c1-9-8-21-15(13(9)16)14(18-17)10-3-4-11-12(7-10)20-6-2-5-19-11/h3-4,7-8,14,18H,2,5-6,17H2,1H3. The van der Waals surface area contributed by atoms with Crippen LogP contribution in [0.5, 0.6) is 11.5 Å². The van der Waals surface area contributed by atoms with Crippen LogP contribution in [0.4, 0.5) is 0 Å². The number of nitrogens with one attached hydrogen (secondary N) is 1. The zero-order valence-electron chi connectivity index (χ0n) is 11.7. The molecular weight excluding hydrogens is 308 g/mol. The molecule has 6 heteroatoms. The van der Waals surface area contributed by atoms with E-state index in [9.17, 15) is 0 Å². The van der Waals surface area contributed by atoms with Gasteiger partial charge in [0.15, 0.2) is 11.5 Å². The van der Waals surface area contributed by atoms with Crippen LogP contribution in [0.1, 0.15) is 28.5 Å². The predicted molar refractivity (Wildman–Crippen MR) is 85.3 cm³/mol. The number of fused-ring (bicyclic) bond motifs is 1. The van der Waals surface area contributed by atoms with Gasteiger partial charge < -0.3 is 9.47 Å². The number of rotatable bonds is 3. The van der Waals surface area contributed by atoms with E-state index in [1.807, 2.05) is 30.5 Å². The molecule has 4 nitrogen and oxygen atoms in total. The summed E-state index contributed by atoms with van der Waals surface area (Å²) in [6.45, 7) is 3.33. The summed E-state index contributed by atoms with van der Waals surface area (Å²) in [6, 6.07) is 5.72. The summed E-state index contributed by atoms with van der Waals surface area (Å²) in [7, 11) is 0. The van der Waals surface area contributed by atoms with Crippen molar-refractivity contribution in [3.8, 4) is 11.5 Å². The molecule has 1 aromatic carbocycles. The van der Waals surface area contributed by atoms with Crippen molar-refractivity contribution in [2.75, 3.05) is 13.2 Å². The Morgan fingerprint density at radius 3 is 2.71 bits per heavy atom. The highest BCUT2D eigenvalue weighted by molar-refractivity contribution is 7.10. The second-order valence-electron chi connectivity index (χ2n) is 4.95. The highest BCUT2D eigenvalue weighted by Crippen LogP contribution is 2.38. The first-order valence-electron chi connectivity index (χ1n) is 6.80. The maximum Gasteiger partial charge on any atom is 0.161 e. The number of nitrogens with two attached hydrogens (primary N) is 1. The zero-order valence-corrected chi connectivity index (χ0v) is 13.3. The van der Waals surface area contributed by atoms with Crippen molar-refractivity contribution < 1.29 is 9.47 Å². The first kappa shape index (κ1) is 14.7. The van der Waals surface area contributed by atoms with Gasteiger partial charge in [-0.1, -0.05) is 17.7 Å². The third-order valence-electron chi connectivity index (χ3n) is 3.46. The van der Waals surface area contributed by atoms with Crippen LogP contribution in [0, 0.1) is 6.92 Å². The lowest BCUT2D eigenvalue weighted by molar-refractivity contribution is 0.297. The molecule has 1 atom stereocenters. The van der Waals surface area contributed by atoms with E-state index in [0.29, 0.717) is 13.2 Å². The maximum atomic E-state index is 6.36. The molecule has 1 aliphatic rings. The Hall–Kier alpha value is -1.27. The fraction of sp³-hybridized carbons (Fsp3) is 0.333. The van der Waals surface area contributed by atoms with Gasteiger partial charge in [-0.2, -0.15) is 0 Å². The summed E-state index contributed by atoms with van der Waals surface area (Å²) >= 11 is 7.96. The van der Waals surface area contributed by atoms with Crippen LogP contribution in [0.25, 0.3) is 0 Å². The smallest absolute Gasteiger partial charge is 0.161 e. The van der Waals surface area contributed by atoms with Gasteiger partial charge in [0.1, 0.15) is 0 Å². The van der Waals surface area contributed by atoms with E-state index < -0.39 is 0 Å². The highest BCUT2D eigenvalue weighted by Gasteiger charge is 2.21. The summed E-state index contributed by atoms with van der Waals surface area (Å²) in [4.78, 5) is 1.01. The topological polar surface area (TPSA) is 56.5 Å². The van der Waals surface area contributed by atoms with Crippen LogP contribution in [-0.2, 0) is 0 Å². The van der Waals surface area contributed by atoms with Gasteiger partial charge in [0.05, 0.1) is 24.3 Å².